The Morgan fingerprint density at radius 3 is 1.52 bits per heavy atom. The number of rotatable bonds is 3. The van der Waals surface area contributed by atoms with Crippen LogP contribution in [0.15, 0.2) is 66.7 Å². The highest BCUT2D eigenvalue weighted by atomic mass is 31.1. The van der Waals surface area contributed by atoms with Gasteiger partial charge in [-0.25, -0.2) is 0 Å². The van der Waals surface area contributed by atoms with E-state index in [0.29, 0.717) is 29.9 Å². The minimum atomic E-state index is -0.450. The normalized spacial score (nSPS) is 21.9. The molecule has 1 heterocycles. The van der Waals surface area contributed by atoms with Crippen LogP contribution in [0, 0.1) is 13.8 Å². The maximum Gasteiger partial charge on any atom is 0.134 e. The zero-order valence-electron chi connectivity index (χ0n) is 17.8. The molecule has 3 aromatic rings. The molecular weight excluding hydrogens is 371 g/mol. The van der Waals surface area contributed by atoms with E-state index < -0.39 is 7.92 Å². The van der Waals surface area contributed by atoms with Crippen LogP contribution in [-0.4, -0.2) is 17.1 Å². The van der Waals surface area contributed by atoms with E-state index in [1.54, 1.807) is 0 Å². The molecule has 29 heavy (non-hydrogen) atoms. The lowest BCUT2D eigenvalue weighted by Gasteiger charge is -2.37. The summed E-state index contributed by atoms with van der Waals surface area (Å²) in [6, 6.07) is 24.2. The minimum absolute atomic E-state index is 0.411. The molecule has 2 heteroatoms. The van der Waals surface area contributed by atoms with Gasteiger partial charge in [0.25, 0.3) is 0 Å². The molecule has 4 rings (SSSR count). The van der Waals surface area contributed by atoms with Gasteiger partial charge in [0.15, 0.2) is 0 Å². The van der Waals surface area contributed by atoms with E-state index in [2.05, 4.69) is 94.4 Å². The minimum Gasteiger partial charge on any atom is -0.300 e. The topological polar surface area (TPSA) is 17.1 Å². The number of aryl methyl sites for hydroxylation is 2. The summed E-state index contributed by atoms with van der Waals surface area (Å²) in [5.74, 6) is 0.426. The molecule has 0 amide bonds. The van der Waals surface area contributed by atoms with Crippen molar-refractivity contribution in [1.29, 1.82) is 0 Å². The fourth-order valence-corrected chi connectivity index (χ4v) is 8.32. The van der Waals surface area contributed by atoms with Crippen molar-refractivity contribution in [3.05, 3.63) is 77.9 Å². The molecule has 0 radical (unpaired) electrons. The average Bonchev–Trinajstić information content (AvgIpc) is 2.68. The molecule has 0 spiro atoms. The van der Waals surface area contributed by atoms with Gasteiger partial charge < -0.3 is 0 Å². The summed E-state index contributed by atoms with van der Waals surface area (Å²) < 4.78 is 0. The number of benzene rings is 3. The van der Waals surface area contributed by atoms with Crippen LogP contribution in [-0.2, 0) is 4.79 Å². The maximum absolute atomic E-state index is 12.3. The fourth-order valence-electron chi connectivity index (χ4n) is 4.82. The Morgan fingerprint density at radius 2 is 1.07 bits per heavy atom. The van der Waals surface area contributed by atoms with Crippen LogP contribution in [0.4, 0.5) is 0 Å². The van der Waals surface area contributed by atoms with Crippen molar-refractivity contribution < 1.29 is 4.79 Å². The van der Waals surface area contributed by atoms with E-state index in [1.807, 2.05) is 0 Å². The van der Waals surface area contributed by atoms with E-state index in [9.17, 15) is 4.79 Å². The van der Waals surface area contributed by atoms with Crippen molar-refractivity contribution in [3.8, 4) is 22.3 Å². The summed E-state index contributed by atoms with van der Waals surface area (Å²) in [7, 11) is -0.450. The number of carbonyl (C=O) groups is 1. The fraction of sp³-hybridized carbons (Fsp3) is 0.296. The second-order valence-electron chi connectivity index (χ2n) is 8.38. The second-order valence-corrected chi connectivity index (χ2v) is 11.4. The van der Waals surface area contributed by atoms with Gasteiger partial charge in [-0.1, -0.05) is 88.5 Å². The van der Waals surface area contributed by atoms with Crippen LogP contribution in [0.25, 0.3) is 22.3 Å². The van der Waals surface area contributed by atoms with Crippen LogP contribution >= 0.6 is 7.92 Å². The first-order chi connectivity index (χ1) is 14.0. The molecule has 0 bridgehead atoms. The molecule has 1 nitrogen and oxygen atoms in total. The van der Waals surface area contributed by atoms with E-state index in [1.165, 1.54) is 38.7 Å². The van der Waals surface area contributed by atoms with Crippen molar-refractivity contribution in [2.45, 2.75) is 51.9 Å². The van der Waals surface area contributed by atoms with Gasteiger partial charge in [-0.2, -0.15) is 0 Å². The quantitative estimate of drug-likeness (QED) is 0.438. The number of Topliss-reactive ketones (excluding diaryl/α,β-unsaturated/α-hetero) is 1. The lowest BCUT2D eigenvalue weighted by molar-refractivity contribution is -0.119. The van der Waals surface area contributed by atoms with Crippen LogP contribution in [0.5, 0.6) is 0 Å². The lowest BCUT2D eigenvalue weighted by Crippen LogP contribution is -2.30. The van der Waals surface area contributed by atoms with Crippen molar-refractivity contribution >= 4 is 19.0 Å². The molecule has 0 aliphatic carbocycles. The van der Waals surface area contributed by atoms with Gasteiger partial charge in [0.2, 0.25) is 0 Å². The Labute approximate surface area is 175 Å². The van der Waals surface area contributed by atoms with E-state index in [0.717, 1.165) is 0 Å². The molecule has 2 unspecified atom stereocenters. The molecule has 1 aliphatic rings. The third kappa shape index (κ3) is 3.81. The molecule has 1 aliphatic heterocycles. The molecular formula is C27H29OP. The standard InChI is InChI=1S/C27H29OP/c1-18-10-5-7-12-23(18)25-14-9-15-26(24-13-8-6-11-19(24)2)27(25)29-20(3)16-22(28)17-21(29)4/h5-15,20-21H,16-17H2,1-4H3. The highest BCUT2D eigenvalue weighted by Gasteiger charge is 2.35. The van der Waals surface area contributed by atoms with Crippen molar-refractivity contribution in [3.63, 3.8) is 0 Å². The molecule has 0 aromatic heterocycles. The molecule has 0 saturated carbocycles. The van der Waals surface area contributed by atoms with Crippen molar-refractivity contribution in [2.75, 3.05) is 0 Å². The van der Waals surface area contributed by atoms with E-state index in [4.69, 9.17) is 0 Å². The van der Waals surface area contributed by atoms with E-state index in [-0.39, 0.29) is 0 Å². The summed E-state index contributed by atoms with van der Waals surface area (Å²) in [5, 5.41) is 1.48. The van der Waals surface area contributed by atoms with Gasteiger partial charge in [-0.05, 0) is 63.9 Å². The average molecular weight is 401 g/mol. The Balaban J connectivity index is 2.01. The third-order valence-electron chi connectivity index (χ3n) is 6.16. The zero-order valence-corrected chi connectivity index (χ0v) is 18.7. The molecule has 1 saturated heterocycles. The summed E-state index contributed by atoms with van der Waals surface area (Å²) in [4.78, 5) is 12.3. The monoisotopic (exact) mass is 400 g/mol. The van der Waals surface area contributed by atoms with Gasteiger partial charge in [0, 0.05) is 12.8 Å². The third-order valence-corrected chi connectivity index (χ3v) is 9.42. The Morgan fingerprint density at radius 1 is 0.655 bits per heavy atom. The van der Waals surface area contributed by atoms with Gasteiger partial charge in [-0.15, -0.1) is 0 Å². The van der Waals surface area contributed by atoms with Gasteiger partial charge in [-0.3, -0.25) is 4.79 Å². The summed E-state index contributed by atoms with van der Waals surface area (Å²) in [5.41, 5.74) is 8.76. The van der Waals surface area contributed by atoms with Crippen LogP contribution in [0.3, 0.4) is 0 Å². The number of ketones is 1. The molecule has 148 valence electrons. The Bertz CT molecular complexity index is 974. The Kier molecular flexibility index (Phi) is 5.70. The first-order valence-electron chi connectivity index (χ1n) is 10.5. The number of hydrogen-bond acceptors (Lipinski definition) is 1. The molecule has 0 N–H and O–H groups in total. The SMILES string of the molecule is Cc1ccccc1-c1cccc(-c2ccccc2C)c1P1C(C)CC(=O)CC1C. The number of hydrogen-bond donors (Lipinski definition) is 0. The van der Waals surface area contributed by atoms with E-state index >= 15 is 0 Å². The lowest BCUT2D eigenvalue weighted by atomic mass is 9.94. The van der Waals surface area contributed by atoms with Crippen LogP contribution in [0.2, 0.25) is 0 Å². The molecule has 2 atom stereocenters. The largest absolute Gasteiger partial charge is 0.300 e. The first kappa shape index (κ1) is 20.0. The summed E-state index contributed by atoms with van der Waals surface area (Å²) >= 11 is 0. The van der Waals surface area contributed by atoms with Crippen molar-refractivity contribution in [2.24, 2.45) is 0 Å². The first-order valence-corrected chi connectivity index (χ1v) is 12.0. The maximum atomic E-state index is 12.3. The molecule has 3 aromatic carbocycles. The molecule has 1 fully saturated rings. The van der Waals surface area contributed by atoms with Crippen LogP contribution in [0.1, 0.15) is 37.8 Å². The van der Waals surface area contributed by atoms with Gasteiger partial charge in [0.1, 0.15) is 5.78 Å². The summed E-state index contributed by atoms with van der Waals surface area (Å²) in [6.45, 7) is 8.97. The number of carbonyl (C=O) groups excluding carboxylic acids is 1. The van der Waals surface area contributed by atoms with Gasteiger partial charge >= 0.3 is 0 Å². The van der Waals surface area contributed by atoms with Crippen LogP contribution < -0.4 is 5.30 Å². The second kappa shape index (κ2) is 8.25. The highest BCUT2D eigenvalue weighted by molar-refractivity contribution is 7.67. The van der Waals surface area contributed by atoms with Crippen molar-refractivity contribution in [1.82, 2.24) is 0 Å². The zero-order chi connectivity index (χ0) is 20.5. The predicted molar refractivity (Wildman–Crippen MR) is 127 cm³/mol. The smallest absolute Gasteiger partial charge is 0.134 e. The van der Waals surface area contributed by atoms with Gasteiger partial charge in [0.05, 0.1) is 0 Å². The highest BCUT2D eigenvalue weighted by Crippen LogP contribution is 2.55. The Hall–Kier alpha value is -2.24. The predicted octanol–water partition coefficient (Wildman–Crippen LogP) is 6.88. The summed E-state index contributed by atoms with van der Waals surface area (Å²) in [6.07, 6.45) is 1.43.